The average Bonchev–Trinajstić information content (AvgIpc) is 3.11. The lowest BCUT2D eigenvalue weighted by molar-refractivity contribution is -0.140. The van der Waals surface area contributed by atoms with E-state index >= 15 is 0 Å². The molecule has 1 aliphatic carbocycles. The van der Waals surface area contributed by atoms with Crippen molar-refractivity contribution in [1.82, 2.24) is 4.90 Å². The third kappa shape index (κ3) is 4.58. The molecule has 4 rings (SSSR count). The second kappa shape index (κ2) is 8.49. The summed E-state index contributed by atoms with van der Waals surface area (Å²) in [5.74, 6) is -1.33. The molecule has 1 unspecified atom stereocenters. The van der Waals surface area contributed by atoms with Crippen LogP contribution in [0, 0.1) is 17.6 Å². The van der Waals surface area contributed by atoms with Crippen LogP contribution in [0.4, 0.5) is 8.78 Å². The van der Waals surface area contributed by atoms with E-state index in [2.05, 4.69) is 5.16 Å². The molecule has 0 aromatic heterocycles. The fourth-order valence-corrected chi connectivity index (χ4v) is 3.71. The highest BCUT2D eigenvalue weighted by Crippen LogP contribution is 2.30. The van der Waals surface area contributed by atoms with Crippen LogP contribution in [0.5, 0.6) is 0 Å². The summed E-state index contributed by atoms with van der Waals surface area (Å²) in [5, 5.41) is 4.80. The highest BCUT2D eigenvalue weighted by atomic mass is 35.5. The number of rotatable bonds is 6. The van der Waals surface area contributed by atoms with Crippen molar-refractivity contribution in [3.8, 4) is 0 Å². The molecule has 1 aliphatic heterocycles. The number of carbonyl (C=O) groups is 1. The molecule has 29 heavy (non-hydrogen) atoms. The first-order valence-corrected chi connectivity index (χ1v) is 10.1. The van der Waals surface area contributed by atoms with Crippen molar-refractivity contribution in [2.45, 2.75) is 38.3 Å². The van der Waals surface area contributed by atoms with Gasteiger partial charge in [-0.2, -0.15) is 0 Å². The molecule has 0 bridgehead atoms. The third-order valence-electron chi connectivity index (χ3n) is 5.48. The van der Waals surface area contributed by atoms with E-state index in [-0.39, 0.29) is 30.0 Å². The van der Waals surface area contributed by atoms with Gasteiger partial charge in [0.25, 0.3) is 0 Å². The Bertz CT molecular complexity index is 929. The summed E-state index contributed by atoms with van der Waals surface area (Å²) in [7, 11) is 0. The van der Waals surface area contributed by atoms with E-state index in [0.29, 0.717) is 18.0 Å². The zero-order valence-corrected chi connectivity index (χ0v) is 16.5. The van der Waals surface area contributed by atoms with Crippen LogP contribution in [-0.4, -0.2) is 29.2 Å². The lowest BCUT2D eigenvalue weighted by Gasteiger charge is -2.32. The normalized spacial score (nSPS) is 18.7. The van der Waals surface area contributed by atoms with Crippen molar-refractivity contribution in [2.75, 3.05) is 6.54 Å². The van der Waals surface area contributed by atoms with Crippen LogP contribution in [0.25, 0.3) is 0 Å². The van der Waals surface area contributed by atoms with E-state index in [0.717, 1.165) is 36.6 Å². The second-order valence-electron chi connectivity index (χ2n) is 7.56. The van der Waals surface area contributed by atoms with Gasteiger partial charge in [-0.3, -0.25) is 4.79 Å². The van der Waals surface area contributed by atoms with Crippen LogP contribution in [0.2, 0.25) is 5.02 Å². The molecule has 1 fully saturated rings. The molecule has 2 aromatic rings. The third-order valence-corrected chi connectivity index (χ3v) is 5.73. The fraction of sp³-hybridized carbons (Fsp3) is 0.364. The summed E-state index contributed by atoms with van der Waals surface area (Å²) in [6, 6.07) is 10.8. The standard InChI is InChI=1S/C22H21ClF2N2O2/c23-17-7-4-14(5-8-17)21-11-19(29-26-21)13-27(22(28)15-2-1-3-15)12-16-6-9-18(24)10-20(16)25/h4-10,15,19H,1-3,11-13H2. The minimum Gasteiger partial charge on any atom is -0.390 e. The summed E-state index contributed by atoms with van der Waals surface area (Å²) in [5.41, 5.74) is 1.99. The van der Waals surface area contributed by atoms with Crippen LogP contribution in [-0.2, 0) is 16.2 Å². The van der Waals surface area contributed by atoms with Gasteiger partial charge in [0.15, 0.2) is 6.10 Å². The van der Waals surface area contributed by atoms with Crippen molar-refractivity contribution in [1.29, 1.82) is 0 Å². The van der Waals surface area contributed by atoms with Crippen LogP contribution in [0.15, 0.2) is 47.6 Å². The van der Waals surface area contributed by atoms with E-state index < -0.39 is 11.6 Å². The van der Waals surface area contributed by atoms with Gasteiger partial charge in [-0.05, 0) is 36.6 Å². The molecule has 0 radical (unpaired) electrons. The van der Waals surface area contributed by atoms with E-state index in [4.69, 9.17) is 16.4 Å². The Morgan fingerprint density at radius 1 is 1.17 bits per heavy atom. The summed E-state index contributed by atoms with van der Waals surface area (Å²) in [6.07, 6.45) is 2.95. The molecule has 1 amide bonds. The molecule has 0 spiro atoms. The second-order valence-corrected chi connectivity index (χ2v) is 8.00. The predicted octanol–water partition coefficient (Wildman–Crippen LogP) is 4.94. The molecule has 1 heterocycles. The monoisotopic (exact) mass is 418 g/mol. The maximum atomic E-state index is 14.2. The molecular weight excluding hydrogens is 398 g/mol. The summed E-state index contributed by atoms with van der Waals surface area (Å²) >= 11 is 5.93. The highest BCUT2D eigenvalue weighted by molar-refractivity contribution is 6.30. The van der Waals surface area contributed by atoms with Crippen molar-refractivity contribution in [3.63, 3.8) is 0 Å². The van der Waals surface area contributed by atoms with Gasteiger partial charge < -0.3 is 9.74 Å². The summed E-state index contributed by atoms with van der Waals surface area (Å²) in [6.45, 7) is 0.379. The number of carbonyl (C=O) groups excluding carboxylic acids is 1. The van der Waals surface area contributed by atoms with E-state index in [1.165, 1.54) is 12.1 Å². The number of nitrogens with zero attached hydrogens (tertiary/aromatic N) is 2. The quantitative estimate of drug-likeness (QED) is 0.666. The largest absolute Gasteiger partial charge is 0.390 e. The summed E-state index contributed by atoms with van der Waals surface area (Å²) in [4.78, 5) is 20.1. The molecule has 2 aliphatic rings. The maximum absolute atomic E-state index is 14.2. The van der Waals surface area contributed by atoms with Crippen LogP contribution >= 0.6 is 11.6 Å². The van der Waals surface area contributed by atoms with Crippen LogP contribution < -0.4 is 0 Å². The Hall–Kier alpha value is -2.47. The molecular formula is C22H21ClF2N2O2. The van der Waals surface area contributed by atoms with Crippen LogP contribution in [0.1, 0.15) is 36.8 Å². The van der Waals surface area contributed by atoms with E-state index in [1.54, 1.807) is 17.0 Å². The van der Waals surface area contributed by atoms with Gasteiger partial charge in [-0.1, -0.05) is 41.4 Å². The molecule has 152 valence electrons. The number of amides is 1. The van der Waals surface area contributed by atoms with Crippen molar-refractivity contribution in [3.05, 3.63) is 70.2 Å². The minimum atomic E-state index is -0.651. The molecule has 7 heteroatoms. The number of hydrogen-bond acceptors (Lipinski definition) is 3. The van der Waals surface area contributed by atoms with Gasteiger partial charge in [0.2, 0.25) is 5.91 Å². The Morgan fingerprint density at radius 3 is 2.59 bits per heavy atom. The van der Waals surface area contributed by atoms with E-state index in [9.17, 15) is 13.6 Å². The van der Waals surface area contributed by atoms with Gasteiger partial charge in [0.1, 0.15) is 11.6 Å². The molecule has 0 saturated heterocycles. The molecule has 0 N–H and O–H groups in total. The zero-order chi connectivity index (χ0) is 20.4. The molecule has 2 aromatic carbocycles. The van der Waals surface area contributed by atoms with Gasteiger partial charge >= 0.3 is 0 Å². The van der Waals surface area contributed by atoms with Crippen LogP contribution in [0.3, 0.4) is 0 Å². The summed E-state index contributed by atoms with van der Waals surface area (Å²) < 4.78 is 27.4. The molecule has 1 atom stereocenters. The number of halogens is 3. The Morgan fingerprint density at radius 2 is 1.93 bits per heavy atom. The lowest BCUT2D eigenvalue weighted by atomic mass is 9.84. The van der Waals surface area contributed by atoms with Gasteiger partial charge in [0, 0.05) is 35.5 Å². The minimum absolute atomic E-state index is 0.0106. The first-order chi connectivity index (χ1) is 14.0. The zero-order valence-electron chi connectivity index (χ0n) is 15.8. The van der Waals surface area contributed by atoms with E-state index in [1.807, 2.05) is 12.1 Å². The fourth-order valence-electron chi connectivity index (χ4n) is 3.59. The van der Waals surface area contributed by atoms with Crippen molar-refractivity contribution in [2.24, 2.45) is 11.1 Å². The van der Waals surface area contributed by atoms with Gasteiger partial charge in [0.05, 0.1) is 12.3 Å². The molecule has 1 saturated carbocycles. The SMILES string of the molecule is O=C(C1CCC1)N(Cc1ccc(F)cc1F)CC1CC(c2ccc(Cl)cc2)=NO1. The first-order valence-electron chi connectivity index (χ1n) is 9.71. The Balaban J connectivity index is 1.45. The first kappa shape index (κ1) is 19.8. The Labute approximate surface area is 173 Å². The number of hydrogen-bond donors (Lipinski definition) is 0. The maximum Gasteiger partial charge on any atom is 0.226 e. The molecule has 4 nitrogen and oxygen atoms in total. The smallest absolute Gasteiger partial charge is 0.226 e. The van der Waals surface area contributed by atoms with Crippen molar-refractivity contribution < 1.29 is 18.4 Å². The van der Waals surface area contributed by atoms with Gasteiger partial charge in [-0.25, -0.2) is 8.78 Å². The number of benzene rings is 2. The topological polar surface area (TPSA) is 41.9 Å². The Kier molecular flexibility index (Phi) is 5.81. The van der Waals surface area contributed by atoms with Crippen molar-refractivity contribution >= 4 is 23.2 Å². The number of oxime groups is 1. The lowest BCUT2D eigenvalue weighted by Crippen LogP contribution is -2.42. The average molecular weight is 419 g/mol. The predicted molar refractivity (Wildman–Crippen MR) is 107 cm³/mol. The van der Waals surface area contributed by atoms with Gasteiger partial charge in [-0.15, -0.1) is 0 Å². The highest BCUT2D eigenvalue weighted by Gasteiger charge is 2.33.